The van der Waals surface area contributed by atoms with E-state index in [2.05, 4.69) is 73.5 Å². The van der Waals surface area contributed by atoms with E-state index in [9.17, 15) is 0 Å². The van der Waals surface area contributed by atoms with Crippen molar-refractivity contribution in [3.63, 3.8) is 0 Å². The van der Waals surface area contributed by atoms with Crippen LogP contribution in [0.3, 0.4) is 0 Å². The molecule has 0 radical (unpaired) electrons. The van der Waals surface area contributed by atoms with Crippen LogP contribution in [-0.2, 0) is 0 Å². The molecule has 0 spiro atoms. The molecule has 5 rings (SSSR count). The van der Waals surface area contributed by atoms with E-state index >= 15 is 0 Å². The van der Waals surface area contributed by atoms with Crippen molar-refractivity contribution in [2.24, 2.45) is 0 Å². The van der Waals surface area contributed by atoms with Crippen LogP contribution >= 0.6 is 11.3 Å². The summed E-state index contributed by atoms with van der Waals surface area (Å²) in [6.45, 7) is 6.36. The lowest BCUT2D eigenvalue weighted by Gasteiger charge is -2.08. The molecule has 0 atom stereocenters. The highest BCUT2D eigenvalue weighted by molar-refractivity contribution is 7.22. The molecule has 1 N–H and O–H groups in total. The minimum atomic E-state index is 0.798. The maximum Gasteiger partial charge on any atom is 0.154 e. The van der Waals surface area contributed by atoms with Crippen molar-refractivity contribution in [2.45, 2.75) is 20.8 Å². The van der Waals surface area contributed by atoms with Crippen LogP contribution in [0.15, 0.2) is 60.8 Å². The Morgan fingerprint density at radius 1 is 0.893 bits per heavy atom. The van der Waals surface area contributed by atoms with Crippen LogP contribution < -0.4 is 5.32 Å². The maximum absolute atomic E-state index is 4.80. The first-order valence-electron chi connectivity index (χ1n) is 9.26. The summed E-state index contributed by atoms with van der Waals surface area (Å²) >= 11 is 1.78. The number of nitrogens with one attached hydrogen (secondary N) is 1. The second-order valence-corrected chi connectivity index (χ2v) is 8.29. The van der Waals surface area contributed by atoms with Gasteiger partial charge in [0.1, 0.15) is 5.69 Å². The van der Waals surface area contributed by atoms with Crippen molar-refractivity contribution in [3.05, 3.63) is 77.5 Å². The van der Waals surface area contributed by atoms with Gasteiger partial charge in [0.15, 0.2) is 11.5 Å². The third-order valence-corrected chi connectivity index (χ3v) is 6.19. The Bertz CT molecular complexity index is 1330. The maximum atomic E-state index is 4.80. The molecule has 0 saturated carbocycles. The third-order valence-electron chi connectivity index (χ3n) is 5.07. The van der Waals surface area contributed by atoms with E-state index in [0.29, 0.717) is 0 Å². The normalized spacial score (nSPS) is 11.4. The molecule has 5 aromatic rings. The van der Waals surface area contributed by atoms with Gasteiger partial charge in [-0.15, -0.1) is 16.4 Å². The molecule has 3 aromatic heterocycles. The molecule has 28 heavy (non-hydrogen) atoms. The van der Waals surface area contributed by atoms with Gasteiger partial charge in [0, 0.05) is 10.4 Å². The van der Waals surface area contributed by atoms with Crippen LogP contribution in [0.4, 0.5) is 11.5 Å². The van der Waals surface area contributed by atoms with Gasteiger partial charge >= 0.3 is 0 Å². The Morgan fingerprint density at radius 3 is 2.64 bits per heavy atom. The summed E-state index contributed by atoms with van der Waals surface area (Å²) < 4.78 is 3.20. The number of fused-ring (bicyclic) bond motifs is 2. The van der Waals surface area contributed by atoms with Gasteiger partial charge in [0.25, 0.3) is 0 Å². The first kappa shape index (κ1) is 17.0. The number of imidazole rings is 1. The van der Waals surface area contributed by atoms with Crippen molar-refractivity contribution in [2.75, 3.05) is 5.32 Å². The molecule has 0 aliphatic rings. The lowest BCUT2D eigenvalue weighted by Crippen LogP contribution is -2.00. The Morgan fingerprint density at radius 2 is 1.79 bits per heavy atom. The zero-order valence-corrected chi connectivity index (χ0v) is 16.8. The number of hydrogen-bond donors (Lipinski definition) is 1. The van der Waals surface area contributed by atoms with Crippen LogP contribution in [0.5, 0.6) is 0 Å². The molecule has 138 valence electrons. The standard InChI is InChI=1S/C23H20N4S/c1-14-4-6-17-12-21(28-20(17)10-14)19-13-24-23-9-8-22(26-27(19)23)25-18-7-5-15(2)16(3)11-18/h4-13H,1-3H3,(H,25,26). The molecular formula is C23H20N4S. The Balaban J connectivity index is 1.56. The van der Waals surface area contributed by atoms with Crippen molar-refractivity contribution >= 4 is 38.6 Å². The molecule has 0 aliphatic heterocycles. The van der Waals surface area contributed by atoms with Gasteiger partial charge in [-0.2, -0.15) is 0 Å². The fraction of sp³-hybridized carbons (Fsp3) is 0.130. The molecule has 0 bridgehead atoms. The monoisotopic (exact) mass is 384 g/mol. The van der Waals surface area contributed by atoms with E-state index in [-0.39, 0.29) is 0 Å². The SMILES string of the molecule is Cc1ccc2cc(-c3cnc4ccc(Nc5ccc(C)c(C)c5)nn34)sc2c1. The highest BCUT2D eigenvalue weighted by Crippen LogP contribution is 2.34. The van der Waals surface area contributed by atoms with Crippen molar-refractivity contribution in [1.29, 1.82) is 0 Å². The number of hydrogen-bond acceptors (Lipinski definition) is 4. The Hall–Kier alpha value is -3.18. The Labute approximate surface area is 167 Å². The number of anilines is 2. The first-order chi connectivity index (χ1) is 13.6. The number of aromatic nitrogens is 3. The number of benzene rings is 2. The molecule has 2 aromatic carbocycles. The molecule has 3 heterocycles. The Kier molecular flexibility index (Phi) is 3.91. The van der Waals surface area contributed by atoms with Crippen LogP contribution in [0.25, 0.3) is 26.3 Å². The van der Waals surface area contributed by atoms with Crippen molar-refractivity contribution in [3.8, 4) is 10.6 Å². The highest BCUT2D eigenvalue weighted by atomic mass is 32.1. The molecule has 0 saturated heterocycles. The molecule has 0 unspecified atom stereocenters. The number of thiophene rings is 1. The molecule has 0 fully saturated rings. The van der Waals surface area contributed by atoms with Gasteiger partial charge < -0.3 is 5.32 Å². The lowest BCUT2D eigenvalue weighted by atomic mass is 10.1. The molecule has 0 amide bonds. The zero-order chi connectivity index (χ0) is 19.3. The second kappa shape index (κ2) is 6.46. The quantitative estimate of drug-likeness (QED) is 0.398. The third kappa shape index (κ3) is 2.94. The average Bonchev–Trinajstić information content (AvgIpc) is 3.27. The first-order valence-corrected chi connectivity index (χ1v) is 10.1. The highest BCUT2D eigenvalue weighted by Gasteiger charge is 2.12. The number of aryl methyl sites for hydroxylation is 3. The summed E-state index contributed by atoms with van der Waals surface area (Å²) in [6.07, 6.45) is 1.90. The van der Waals surface area contributed by atoms with Gasteiger partial charge in [-0.1, -0.05) is 18.2 Å². The zero-order valence-electron chi connectivity index (χ0n) is 16.0. The smallest absolute Gasteiger partial charge is 0.154 e. The fourth-order valence-electron chi connectivity index (χ4n) is 3.34. The summed E-state index contributed by atoms with van der Waals surface area (Å²) in [6, 6.07) is 19.1. The van der Waals surface area contributed by atoms with Crippen LogP contribution in [0.2, 0.25) is 0 Å². The summed E-state index contributed by atoms with van der Waals surface area (Å²) in [5, 5.41) is 9.46. The van der Waals surface area contributed by atoms with E-state index in [1.807, 2.05) is 22.8 Å². The van der Waals surface area contributed by atoms with Gasteiger partial charge in [-0.25, -0.2) is 9.50 Å². The molecular weight excluding hydrogens is 364 g/mol. The van der Waals surface area contributed by atoms with Crippen LogP contribution in [0.1, 0.15) is 16.7 Å². The number of nitrogens with zero attached hydrogens (tertiary/aromatic N) is 3. The van der Waals surface area contributed by atoms with Crippen molar-refractivity contribution < 1.29 is 0 Å². The molecule has 4 nitrogen and oxygen atoms in total. The minimum absolute atomic E-state index is 0.798. The van der Waals surface area contributed by atoms with E-state index in [1.165, 1.54) is 31.7 Å². The second-order valence-electron chi connectivity index (χ2n) is 7.21. The lowest BCUT2D eigenvalue weighted by molar-refractivity contribution is 0.950. The van der Waals surface area contributed by atoms with Crippen LogP contribution in [0, 0.1) is 20.8 Å². The number of rotatable bonds is 3. The van der Waals surface area contributed by atoms with E-state index in [0.717, 1.165) is 22.8 Å². The predicted octanol–water partition coefficient (Wildman–Crippen LogP) is 6.28. The van der Waals surface area contributed by atoms with E-state index in [1.54, 1.807) is 11.3 Å². The van der Waals surface area contributed by atoms with Gasteiger partial charge in [0.05, 0.1) is 11.1 Å². The van der Waals surface area contributed by atoms with Crippen molar-refractivity contribution in [1.82, 2.24) is 14.6 Å². The average molecular weight is 385 g/mol. The largest absolute Gasteiger partial charge is 0.339 e. The summed E-state index contributed by atoms with van der Waals surface area (Å²) in [4.78, 5) is 5.71. The van der Waals surface area contributed by atoms with E-state index < -0.39 is 0 Å². The summed E-state index contributed by atoms with van der Waals surface area (Å²) in [5.41, 5.74) is 6.71. The summed E-state index contributed by atoms with van der Waals surface area (Å²) in [7, 11) is 0. The molecule has 5 heteroatoms. The molecule has 0 aliphatic carbocycles. The van der Waals surface area contributed by atoms with Gasteiger partial charge in [-0.3, -0.25) is 0 Å². The van der Waals surface area contributed by atoms with Crippen LogP contribution in [-0.4, -0.2) is 14.6 Å². The predicted molar refractivity (Wildman–Crippen MR) is 118 cm³/mol. The topological polar surface area (TPSA) is 42.2 Å². The fourth-order valence-corrected chi connectivity index (χ4v) is 4.50. The van der Waals surface area contributed by atoms with E-state index in [4.69, 9.17) is 5.10 Å². The summed E-state index contributed by atoms with van der Waals surface area (Å²) in [5.74, 6) is 0.798. The van der Waals surface area contributed by atoms with Gasteiger partial charge in [0.2, 0.25) is 0 Å². The van der Waals surface area contributed by atoms with Gasteiger partial charge in [-0.05, 0) is 79.2 Å². The minimum Gasteiger partial charge on any atom is -0.339 e.